The molecule has 1 heterocycles. The van der Waals surface area contributed by atoms with Crippen molar-refractivity contribution in [3.8, 4) is 0 Å². The Kier molecular flexibility index (Phi) is 4.75. The van der Waals surface area contributed by atoms with Crippen LogP contribution in [0.3, 0.4) is 0 Å². The molecule has 19 heavy (non-hydrogen) atoms. The van der Waals surface area contributed by atoms with Gasteiger partial charge in [0.25, 0.3) is 0 Å². The SMILES string of the molecule is CCOC(=O)c1cc(N(C)CC(C)(C)C)ncc1N. The summed E-state index contributed by atoms with van der Waals surface area (Å²) in [6.45, 7) is 9.36. The smallest absolute Gasteiger partial charge is 0.340 e. The number of nitrogen functional groups attached to an aromatic ring is 1. The number of aromatic nitrogens is 1. The van der Waals surface area contributed by atoms with Gasteiger partial charge in [0.15, 0.2) is 0 Å². The third-order valence-electron chi connectivity index (χ3n) is 2.52. The molecular weight excluding hydrogens is 242 g/mol. The van der Waals surface area contributed by atoms with E-state index < -0.39 is 5.97 Å². The number of hydrogen-bond donors (Lipinski definition) is 1. The Morgan fingerprint density at radius 2 is 2.11 bits per heavy atom. The molecule has 0 amide bonds. The van der Waals surface area contributed by atoms with Crippen LogP contribution in [0.25, 0.3) is 0 Å². The van der Waals surface area contributed by atoms with Crippen molar-refractivity contribution in [2.24, 2.45) is 5.41 Å². The number of ether oxygens (including phenoxy) is 1. The Hall–Kier alpha value is -1.78. The quantitative estimate of drug-likeness (QED) is 0.846. The summed E-state index contributed by atoms with van der Waals surface area (Å²) >= 11 is 0. The van der Waals surface area contributed by atoms with Gasteiger partial charge in [0.1, 0.15) is 5.82 Å². The summed E-state index contributed by atoms with van der Waals surface area (Å²) in [5, 5.41) is 0. The third kappa shape index (κ3) is 4.43. The molecule has 0 aliphatic rings. The van der Waals surface area contributed by atoms with Gasteiger partial charge in [0.05, 0.1) is 24.1 Å². The number of carbonyl (C=O) groups is 1. The molecule has 1 aromatic heterocycles. The number of carbonyl (C=O) groups excluding carboxylic acids is 1. The lowest BCUT2D eigenvalue weighted by Gasteiger charge is -2.27. The summed E-state index contributed by atoms with van der Waals surface area (Å²) in [6.07, 6.45) is 1.50. The van der Waals surface area contributed by atoms with E-state index in [1.165, 1.54) is 6.20 Å². The number of hydrogen-bond acceptors (Lipinski definition) is 5. The van der Waals surface area contributed by atoms with Crippen molar-refractivity contribution in [1.82, 2.24) is 4.98 Å². The second-order valence-corrected chi connectivity index (χ2v) is 5.77. The fourth-order valence-corrected chi connectivity index (χ4v) is 1.84. The first-order valence-electron chi connectivity index (χ1n) is 6.38. The van der Waals surface area contributed by atoms with E-state index in [0.717, 1.165) is 6.54 Å². The molecule has 5 heteroatoms. The highest BCUT2D eigenvalue weighted by Gasteiger charge is 2.18. The first-order chi connectivity index (χ1) is 8.74. The Bertz CT molecular complexity index is 452. The molecule has 1 rings (SSSR count). The normalized spacial score (nSPS) is 11.2. The number of rotatable bonds is 4. The molecule has 0 atom stereocenters. The summed E-state index contributed by atoms with van der Waals surface area (Å²) in [6, 6.07) is 1.68. The van der Waals surface area contributed by atoms with Crippen molar-refractivity contribution >= 4 is 17.5 Å². The third-order valence-corrected chi connectivity index (χ3v) is 2.52. The molecule has 0 fully saturated rings. The highest BCUT2D eigenvalue weighted by Crippen LogP contribution is 2.22. The maximum absolute atomic E-state index is 11.8. The Labute approximate surface area is 114 Å². The summed E-state index contributed by atoms with van der Waals surface area (Å²) in [7, 11) is 1.94. The van der Waals surface area contributed by atoms with Crippen LogP contribution in [-0.2, 0) is 4.74 Å². The van der Waals surface area contributed by atoms with Crippen LogP contribution in [-0.4, -0.2) is 31.2 Å². The average Bonchev–Trinajstić information content (AvgIpc) is 2.27. The highest BCUT2D eigenvalue weighted by atomic mass is 16.5. The number of nitrogens with zero attached hydrogens (tertiary/aromatic N) is 2. The number of anilines is 2. The van der Waals surface area contributed by atoms with Gasteiger partial charge in [0, 0.05) is 13.6 Å². The topological polar surface area (TPSA) is 68.5 Å². The standard InChI is InChI=1S/C14H23N3O2/c1-6-19-13(18)10-7-12(16-8-11(10)15)17(5)9-14(2,3)4/h7-8H,6,9,15H2,1-5H3. The first-order valence-corrected chi connectivity index (χ1v) is 6.38. The molecule has 0 bridgehead atoms. The van der Waals surface area contributed by atoms with Gasteiger partial charge in [-0.05, 0) is 18.4 Å². The number of esters is 1. The molecular formula is C14H23N3O2. The molecule has 0 unspecified atom stereocenters. The van der Waals surface area contributed by atoms with Gasteiger partial charge in [0.2, 0.25) is 0 Å². The van der Waals surface area contributed by atoms with Crippen LogP contribution in [0.1, 0.15) is 38.1 Å². The minimum Gasteiger partial charge on any atom is -0.462 e. The zero-order valence-electron chi connectivity index (χ0n) is 12.4. The summed E-state index contributed by atoms with van der Waals surface area (Å²) < 4.78 is 4.98. The molecule has 0 aromatic carbocycles. The van der Waals surface area contributed by atoms with E-state index in [0.29, 0.717) is 23.7 Å². The second-order valence-electron chi connectivity index (χ2n) is 5.77. The van der Waals surface area contributed by atoms with Crippen molar-refractivity contribution in [3.05, 3.63) is 17.8 Å². The van der Waals surface area contributed by atoms with Crippen LogP contribution >= 0.6 is 0 Å². The van der Waals surface area contributed by atoms with E-state index in [9.17, 15) is 4.79 Å². The highest BCUT2D eigenvalue weighted by molar-refractivity contribution is 5.95. The van der Waals surface area contributed by atoms with E-state index in [4.69, 9.17) is 10.5 Å². The molecule has 106 valence electrons. The lowest BCUT2D eigenvalue weighted by atomic mass is 9.96. The van der Waals surface area contributed by atoms with E-state index in [1.54, 1.807) is 13.0 Å². The van der Waals surface area contributed by atoms with Crippen molar-refractivity contribution in [1.29, 1.82) is 0 Å². The maximum Gasteiger partial charge on any atom is 0.340 e. The van der Waals surface area contributed by atoms with Crippen LogP contribution in [0, 0.1) is 5.41 Å². The molecule has 0 saturated carbocycles. The monoisotopic (exact) mass is 265 g/mol. The van der Waals surface area contributed by atoms with Gasteiger partial charge in [-0.3, -0.25) is 0 Å². The van der Waals surface area contributed by atoms with Crippen LogP contribution in [0.2, 0.25) is 0 Å². The molecule has 0 radical (unpaired) electrons. The predicted octanol–water partition coefficient (Wildman–Crippen LogP) is 2.32. The van der Waals surface area contributed by atoms with Gasteiger partial charge < -0.3 is 15.4 Å². The average molecular weight is 265 g/mol. The molecule has 0 spiro atoms. The zero-order chi connectivity index (χ0) is 14.6. The minimum absolute atomic E-state index is 0.141. The van der Waals surface area contributed by atoms with Crippen molar-refractivity contribution in [2.45, 2.75) is 27.7 Å². The Morgan fingerprint density at radius 1 is 1.47 bits per heavy atom. The van der Waals surface area contributed by atoms with Gasteiger partial charge in [-0.15, -0.1) is 0 Å². The molecule has 1 aromatic rings. The summed E-state index contributed by atoms with van der Waals surface area (Å²) in [4.78, 5) is 18.0. The van der Waals surface area contributed by atoms with E-state index >= 15 is 0 Å². The van der Waals surface area contributed by atoms with E-state index in [2.05, 4.69) is 25.8 Å². The van der Waals surface area contributed by atoms with Crippen LogP contribution in [0.5, 0.6) is 0 Å². The van der Waals surface area contributed by atoms with E-state index in [-0.39, 0.29) is 5.41 Å². The Morgan fingerprint density at radius 3 is 2.63 bits per heavy atom. The van der Waals surface area contributed by atoms with Crippen molar-refractivity contribution < 1.29 is 9.53 Å². The van der Waals surface area contributed by atoms with E-state index in [1.807, 2.05) is 11.9 Å². The molecule has 0 aliphatic heterocycles. The van der Waals surface area contributed by atoms with Crippen LogP contribution in [0.15, 0.2) is 12.3 Å². The lowest BCUT2D eigenvalue weighted by Crippen LogP contribution is -2.30. The van der Waals surface area contributed by atoms with Gasteiger partial charge in [-0.1, -0.05) is 20.8 Å². The molecule has 5 nitrogen and oxygen atoms in total. The van der Waals surface area contributed by atoms with Gasteiger partial charge in [-0.25, -0.2) is 9.78 Å². The van der Waals surface area contributed by atoms with Gasteiger partial charge in [-0.2, -0.15) is 0 Å². The van der Waals surface area contributed by atoms with Crippen molar-refractivity contribution in [3.63, 3.8) is 0 Å². The number of nitrogens with two attached hydrogens (primary N) is 1. The lowest BCUT2D eigenvalue weighted by molar-refractivity contribution is 0.0527. The Balaban J connectivity index is 2.98. The van der Waals surface area contributed by atoms with Crippen molar-refractivity contribution in [2.75, 3.05) is 30.8 Å². The predicted molar refractivity (Wildman–Crippen MR) is 77.3 cm³/mol. The molecule has 2 N–H and O–H groups in total. The van der Waals surface area contributed by atoms with Gasteiger partial charge >= 0.3 is 5.97 Å². The van der Waals surface area contributed by atoms with Crippen LogP contribution in [0.4, 0.5) is 11.5 Å². The molecule has 0 saturated heterocycles. The first kappa shape index (κ1) is 15.3. The largest absolute Gasteiger partial charge is 0.462 e. The minimum atomic E-state index is -0.409. The zero-order valence-corrected chi connectivity index (χ0v) is 12.4. The summed E-state index contributed by atoms with van der Waals surface area (Å²) in [5.41, 5.74) is 6.61. The maximum atomic E-state index is 11.8. The van der Waals surface area contributed by atoms with Crippen LogP contribution < -0.4 is 10.6 Å². The fourth-order valence-electron chi connectivity index (χ4n) is 1.84. The fraction of sp³-hybridized carbons (Fsp3) is 0.571. The second kappa shape index (κ2) is 5.91. The molecule has 0 aliphatic carbocycles. The number of pyridine rings is 1. The summed E-state index contributed by atoms with van der Waals surface area (Å²) in [5.74, 6) is 0.306.